The summed E-state index contributed by atoms with van der Waals surface area (Å²) in [7, 11) is 0. The van der Waals surface area contributed by atoms with E-state index in [1.54, 1.807) is 0 Å². The van der Waals surface area contributed by atoms with E-state index in [1.807, 2.05) is 19.9 Å². The van der Waals surface area contributed by atoms with E-state index in [0.717, 1.165) is 56.7 Å². The number of hydrogen-bond acceptors (Lipinski definition) is 5. The van der Waals surface area contributed by atoms with Gasteiger partial charge in [-0.15, -0.1) is 0 Å². The van der Waals surface area contributed by atoms with Crippen LogP contribution < -0.4 is 4.90 Å². The first-order valence-corrected chi connectivity index (χ1v) is 7.61. The average Bonchev–Trinajstić information content (AvgIpc) is 2.47. The second-order valence-corrected chi connectivity index (χ2v) is 5.82. The summed E-state index contributed by atoms with van der Waals surface area (Å²) in [5, 5.41) is 0. The van der Waals surface area contributed by atoms with E-state index in [9.17, 15) is 0 Å². The number of piperazine rings is 1. The second kappa shape index (κ2) is 6.06. The summed E-state index contributed by atoms with van der Waals surface area (Å²) in [6, 6.07) is 2.74. The molecule has 2 aliphatic rings. The van der Waals surface area contributed by atoms with Gasteiger partial charge in [-0.1, -0.05) is 0 Å². The van der Waals surface area contributed by atoms with Gasteiger partial charge < -0.3 is 9.64 Å². The summed E-state index contributed by atoms with van der Waals surface area (Å²) in [5.41, 5.74) is 2.11. The molecule has 0 aliphatic carbocycles. The summed E-state index contributed by atoms with van der Waals surface area (Å²) in [6.45, 7) is 10.2. The molecule has 0 aromatic carbocycles. The molecular weight excluding hydrogens is 252 g/mol. The highest BCUT2D eigenvalue weighted by atomic mass is 16.5. The van der Waals surface area contributed by atoms with Crippen molar-refractivity contribution in [3.05, 3.63) is 17.5 Å². The van der Waals surface area contributed by atoms with E-state index >= 15 is 0 Å². The van der Waals surface area contributed by atoms with Gasteiger partial charge in [0.25, 0.3) is 0 Å². The monoisotopic (exact) mass is 276 g/mol. The Balaban J connectivity index is 1.60. The van der Waals surface area contributed by atoms with E-state index in [2.05, 4.69) is 19.8 Å². The molecule has 3 rings (SSSR count). The molecule has 2 fully saturated rings. The standard InChI is InChI=1S/C15H24N4O/c1-12-11-13(2)17-15(16-12)19-7-5-18(6-8-19)14-3-9-20-10-4-14/h11,14H,3-10H2,1-2H3. The summed E-state index contributed by atoms with van der Waals surface area (Å²) < 4.78 is 5.45. The maximum absolute atomic E-state index is 5.45. The fraction of sp³-hybridized carbons (Fsp3) is 0.733. The fourth-order valence-corrected chi connectivity index (χ4v) is 3.19. The highest BCUT2D eigenvalue weighted by Gasteiger charge is 2.26. The highest BCUT2D eigenvalue weighted by Crippen LogP contribution is 2.18. The molecule has 0 saturated carbocycles. The largest absolute Gasteiger partial charge is 0.381 e. The molecule has 1 aromatic rings. The number of nitrogens with zero attached hydrogens (tertiary/aromatic N) is 4. The molecular formula is C15H24N4O. The van der Waals surface area contributed by atoms with Crippen molar-refractivity contribution in [2.75, 3.05) is 44.3 Å². The minimum atomic E-state index is 0.714. The average molecular weight is 276 g/mol. The van der Waals surface area contributed by atoms with Gasteiger partial charge in [0, 0.05) is 56.8 Å². The van der Waals surface area contributed by atoms with Gasteiger partial charge in [0.2, 0.25) is 5.95 Å². The first-order chi connectivity index (χ1) is 9.72. The van der Waals surface area contributed by atoms with E-state index in [1.165, 1.54) is 12.8 Å². The maximum atomic E-state index is 5.45. The van der Waals surface area contributed by atoms with Crippen molar-refractivity contribution in [3.63, 3.8) is 0 Å². The molecule has 0 radical (unpaired) electrons. The summed E-state index contributed by atoms with van der Waals surface area (Å²) >= 11 is 0. The third kappa shape index (κ3) is 3.10. The Morgan fingerprint density at radius 1 is 1.00 bits per heavy atom. The summed E-state index contributed by atoms with van der Waals surface area (Å²) in [6.07, 6.45) is 2.36. The van der Waals surface area contributed by atoms with Crippen LogP contribution in [0.5, 0.6) is 0 Å². The van der Waals surface area contributed by atoms with E-state index in [0.29, 0.717) is 6.04 Å². The third-order valence-corrected chi connectivity index (χ3v) is 4.27. The highest BCUT2D eigenvalue weighted by molar-refractivity contribution is 5.32. The molecule has 0 unspecified atom stereocenters. The van der Waals surface area contributed by atoms with Gasteiger partial charge in [-0.2, -0.15) is 0 Å². The molecule has 0 bridgehead atoms. The van der Waals surface area contributed by atoms with Gasteiger partial charge in [0.05, 0.1) is 0 Å². The quantitative estimate of drug-likeness (QED) is 0.816. The molecule has 0 amide bonds. The Morgan fingerprint density at radius 2 is 1.60 bits per heavy atom. The van der Waals surface area contributed by atoms with E-state index in [4.69, 9.17) is 4.74 Å². The lowest BCUT2D eigenvalue weighted by Gasteiger charge is -2.40. The fourth-order valence-electron chi connectivity index (χ4n) is 3.19. The maximum Gasteiger partial charge on any atom is 0.225 e. The van der Waals surface area contributed by atoms with Crippen LogP contribution >= 0.6 is 0 Å². The van der Waals surface area contributed by atoms with Crippen LogP contribution in [-0.4, -0.2) is 60.3 Å². The number of ether oxygens (including phenoxy) is 1. The number of anilines is 1. The van der Waals surface area contributed by atoms with Crippen molar-refractivity contribution in [1.29, 1.82) is 0 Å². The van der Waals surface area contributed by atoms with Gasteiger partial charge in [0.1, 0.15) is 0 Å². The zero-order chi connectivity index (χ0) is 13.9. The smallest absolute Gasteiger partial charge is 0.225 e. The number of aromatic nitrogens is 2. The van der Waals surface area contributed by atoms with Gasteiger partial charge in [-0.3, -0.25) is 4.90 Å². The Hall–Kier alpha value is -1.20. The number of aryl methyl sites for hydroxylation is 2. The Bertz CT molecular complexity index is 431. The van der Waals surface area contributed by atoms with Crippen molar-refractivity contribution < 1.29 is 4.74 Å². The number of hydrogen-bond donors (Lipinski definition) is 0. The van der Waals surface area contributed by atoms with Crippen LogP contribution in [0.3, 0.4) is 0 Å². The molecule has 2 aliphatic heterocycles. The third-order valence-electron chi connectivity index (χ3n) is 4.27. The van der Waals surface area contributed by atoms with Gasteiger partial charge in [-0.25, -0.2) is 9.97 Å². The minimum absolute atomic E-state index is 0.714. The van der Waals surface area contributed by atoms with Crippen LogP contribution in [-0.2, 0) is 4.74 Å². The van der Waals surface area contributed by atoms with Crippen molar-refractivity contribution in [2.45, 2.75) is 32.7 Å². The van der Waals surface area contributed by atoms with E-state index in [-0.39, 0.29) is 0 Å². The molecule has 3 heterocycles. The van der Waals surface area contributed by atoms with E-state index < -0.39 is 0 Å². The van der Waals surface area contributed by atoms with Crippen LogP contribution in [0.2, 0.25) is 0 Å². The minimum Gasteiger partial charge on any atom is -0.381 e. The molecule has 110 valence electrons. The first-order valence-electron chi connectivity index (χ1n) is 7.61. The lowest BCUT2D eigenvalue weighted by atomic mass is 10.1. The number of rotatable bonds is 2. The lowest BCUT2D eigenvalue weighted by Crippen LogP contribution is -2.52. The molecule has 20 heavy (non-hydrogen) atoms. The summed E-state index contributed by atoms with van der Waals surface area (Å²) in [5.74, 6) is 0.897. The van der Waals surface area contributed by atoms with Gasteiger partial charge in [-0.05, 0) is 32.8 Å². The van der Waals surface area contributed by atoms with Crippen LogP contribution in [0.1, 0.15) is 24.2 Å². The first kappa shape index (κ1) is 13.8. The molecule has 2 saturated heterocycles. The summed E-state index contributed by atoms with van der Waals surface area (Å²) in [4.78, 5) is 14.1. The SMILES string of the molecule is Cc1cc(C)nc(N2CCN(C3CCOCC3)CC2)n1. The van der Waals surface area contributed by atoms with Crippen molar-refractivity contribution in [1.82, 2.24) is 14.9 Å². The lowest BCUT2D eigenvalue weighted by molar-refractivity contribution is 0.0320. The molecule has 1 aromatic heterocycles. The zero-order valence-electron chi connectivity index (χ0n) is 12.5. The molecule has 0 N–H and O–H groups in total. The van der Waals surface area contributed by atoms with Crippen LogP contribution in [0.25, 0.3) is 0 Å². The Morgan fingerprint density at radius 3 is 2.20 bits per heavy atom. The Kier molecular flexibility index (Phi) is 4.17. The van der Waals surface area contributed by atoms with Crippen molar-refractivity contribution in [3.8, 4) is 0 Å². The van der Waals surface area contributed by atoms with Crippen LogP contribution in [0.4, 0.5) is 5.95 Å². The topological polar surface area (TPSA) is 41.5 Å². The second-order valence-electron chi connectivity index (χ2n) is 5.82. The molecule has 0 atom stereocenters. The van der Waals surface area contributed by atoms with Gasteiger partial charge in [0.15, 0.2) is 0 Å². The zero-order valence-corrected chi connectivity index (χ0v) is 12.5. The molecule has 5 nitrogen and oxygen atoms in total. The van der Waals surface area contributed by atoms with Crippen molar-refractivity contribution >= 4 is 5.95 Å². The van der Waals surface area contributed by atoms with Crippen LogP contribution in [0.15, 0.2) is 6.07 Å². The van der Waals surface area contributed by atoms with Gasteiger partial charge >= 0.3 is 0 Å². The Labute approximate surface area is 121 Å². The predicted octanol–water partition coefficient (Wildman–Crippen LogP) is 1.39. The normalized spacial score (nSPS) is 22.2. The molecule has 5 heteroatoms. The van der Waals surface area contributed by atoms with Crippen molar-refractivity contribution in [2.24, 2.45) is 0 Å². The van der Waals surface area contributed by atoms with Crippen LogP contribution in [0, 0.1) is 13.8 Å². The predicted molar refractivity (Wildman–Crippen MR) is 79.1 cm³/mol. The molecule has 0 spiro atoms.